The van der Waals surface area contributed by atoms with E-state index >= 15 is 0 Å². The number of aromatic nitrogens is 4. The van der Waals surface area contributed by atoms with E-state index in [0.717, 1.165) is 12.3 Å². The molecule has 104 valence electrons. The number of rotatable bonds is 6. The lowest BCUT2D eigenvalue weighted by Crippen LogP contribution is -2.18. The first-order valence-electron chi connectivity index (χ1n) is 5.60. The molecule has 0 radical (unpaired) electrons. The van der Waals surface area contributed by atoms with Crippen LogP contribution in [0.1, 0.15) is 10.4 Å². The molecule has 0 aliphatic heterocycles. The van der Waals surface area contributed by atoms with Gasteiger partial charge in [0.25, 0.3) is 11.6 Å². The molecule has 0 saturated heterocycles. The maximum Gasteiger partial charge on any atom is 0.288 e. The van der Waals surface area contributed by atoms with Crippen molar-refractivity contribution in [3.63, 3.8) is 0 Å². The van der Waals surface area contributed by atoms with Gasteiger partial charge < -0.3 is 11.1 Å². The molecule has 2 heterocycles. The van der Waals surface area contributed by atoms with Gasteiger partial charge in [0, 0.05) is 18.8 Å². The van der Waals surface area contributed by atoms with Crippen LogP contribution in [0, 0.1) is 10.1 Å². The summed E-state index contributed by atoms with van der Waals surface area (Å²) in [7, 11) is 0. The fourth-order valence-electron chi connectivity index (χ4n) is 1.52. The average Bonchev–Trinajstić information content (AvgIpc) is 2.91. The molecule has 0 saturated carbocycles. The minimum Gasteiger partial charge on any atom is -0.368 e. The molecule has 10 heteroatoms. The molecular formula is C10H11N7O3. The maximum atomic E-state index is 11.3. The number of hydrogen-bond acceptors (Lipinski definition) is 7. The van der Waals surface area contributed by atoms with Gasteiger partial charge in [-0.3, -0.25) is 19.6 Å². The second-order valence-corrected chi connectivity index (χ2v) is 3.80. The SMILES string of the molecule is NC(=O)c1cc([N+](=O)[O-])cnc1NCCn1ccnn1. The Bertz CT molecular complexity index is 626. The Balaban J connectivity index is 2.10. The molecule has 0 bridgehead atoms. The molecular weight excluding hydrogens is 266 g/mol. The molecule has 2 aromatic rings. The highest BCUT2D eigenvalue weighted by Crippen LogP contribution is 2.18. The Morgan fingerprint density at radius 1 is 1.55 bits per heavy atom. The van der Waals surface area contributed by atoms with E-state index in [1.807, 2.05) is 0 Å². The Labute approximate surface area is 112 Å². The van der Waals surface area contributed by atoms with Crippen LogP contribution >= 0.6 is 0 Å². The van der Waals surface area contributed by atoms with E-state index in [0.29, 0.717) is 13.1 Å². The normalized spacial score (nSPS) is 10.2. The monoisotopic (exact) mass is 277 g/mol. The van der Waals surface area contributed by atoms with Crippen LogP contribution in [0.2, 0.25) is 0 Å². The van der Waals surface area contributed by atoms with Crippen molar-refractivity contribution in [3.8, 4) is 0 Å². The predicted molar refractivity (Wildman–Crippen MR) is 67.9 cm³/mol. The van der Waals surface area contributed by atoms with E-state index in [9.17, 15) is 14.9 Å². The second kappa shape index (κ2) is 5.73. The summed E-state index contributed by atoms with van der Waals surface area (Å²) in [5.74, 6) is -0.590. The number of nitrogens with zero attached hydrogens (tertiary/aromatic N) is 5. The molecule has 1 amide bonds. The summed E-state index contributed by atoms with van der Waals surface area (Å²) in [6.07, 6.45) is 4.28. The number of hydrogen-bond donors (Lipinski definition) is 2. The third-order valence-electron chi connectivity index (χ3n) is 2.45. The van der Waals surface area contributed by atoms with Crippen LogP contribution in [0.25, 0.3) is 0 Å². The van der Waals surface area contributed by atoms with Gasteiger partial charge in [-0.2, -0.15) is 0 Å². The molecule has 0 aliphatic carbocycles. The number of nitrogens with one attached hydrogen (secondary N) is 1. The van der Waals surface area contributed by atoms with E-state index in [4.69, 9.17) is 5.73 Å². The maximum absolute atomic E-state index is 11.3. The molecule has 0 aromatic carbocycles. The van der Waals surface area contributed by atoms with E-state index in [1.54, 1.807) is 17.1 Å². The standard InChI is InChI=1S/C10H11N7O3/c11-9(18)8-5-7(17(19)20)6-13-10(8)12-1-3-16-4-2-14-15-16/h2,4-6H,1,3H2,(H2,11,18)(H,12,13). The average molecular weight is 277 g/mol. The van der Waals surface area contributed by atoms with Crippen LogP contribution in [0.3, 0.4) is 0 Å². The summed E-state index contributed by atoms with van der Waals surface area (Å²) in [5, 5.41) is 20.9. The quantitative estimate of drug-likeness (QED) is 0.549. The second-order valence-electron chi connectivity index (χ2n) is 3.80. The highest BCUT2D eigenvalue weighted by atomic mass is 16.6. The summed E-state index contributed by atoms with van der Waals surface area (Å²) < 4.78 is 1.59. The third kappa shape index (κ3) is 3.04. The molecule has 0 unspecified atom stereocenters. The zero-order valence-corrected chi connectivity index (χ0v) is 10.3. The summed E-state index contributed by atoms with van der Waals surface area (Å²) >= 11 is 0. The van der Waals surface area contributed by atoms with E-state index < -0.39 is 10.8 Å². The van der Waals surface area contributed by atoms with Crippen LogP contribution in [0.15, 0.2) is 24.7 Å². The Morgan fingerprint density at radius 2 is 2.35 bits per heavy atom. The summed E-state index contributed by atoms with van der Waals surface area (Å²) in [6.45, 7) is 0.908. The van der Waals surface area contributed by atoms with Gasteiger partial charge in [0.1, 0.15) is 12.0 Å². The summed E-state index contributed by atoms with van der Waals surface area (Å²) in [4.78, 5) is 25.1. The fourth-order valence-corrected chi connectivity index (χ4v) is 1.52. The third-order valence-corrected chi connectivity index (χ3v) is 2.45. The van der Waals surface area contributed by atoms with Gasteiger partial charge in [-0.25, -0.2) is 4.98 Å². The summed E-state index contributed by atoms with van der Waals surface area (Å²) in [5.41, 5.74) is 4.86. The molecule has 0 aliphatic rings. The smallest absolute Gasteiger partial charge is 0.288 e. The van der Waals surface area contributed by atoms with Crippen molar-refractivity contribution in [3.05, 3.63) is 40.3 Å². The molecule has 3 N–H and O–H groups in total. The first-order valence-corrected chi connectivity index (χ1v) is 5.60. The zero-order valence-electron chi connectivity index (χ0n) is 10.3. The van der Waals surface area contributed by atoms with Crippen molar-refractivity contribution in [2.24, 2.45) is 5.73 Å². The van der Waals surface area contributed by atoms with Gasteiger partial charge in [0.2, 0.25) is 0 Å². The number of amides is 1. The fraction of sp³-hybridized carbons (Fsp3) is 0.200. The van der Waals surface area contributed by atoms with Gasteiger partial charge >= 0.3 is 0 Å². The van der Waals surface area contributed by atoms with Gasteiger partial charge in [-0.1, -0.05) is 5.21 Å². The number of pyridine rings is 1. The molecule has 2 rings (SSSR count). The zero-order chi connectivity index (χ0) is 14.5. The van der Waals surface area contributed by atoms with Gasteiger partial charge in [0.05, 0.1) is 23.2 Å². The molecule has 0 atom stereocenters. The molecule has 0 fully saturated rings. The van der Waals surface area contributed by atoms with Crippen molar-refractivity contribution < 1.29 is 9.72 Å². The van der Waals surface area contributed by atoms with Crippen molar-refractivity contribution in [2.45, 2.75) is 6.54 Å². The number of primary amides is 1. The van der Waals surface area contributed by atoms with Crippen LogP contribution in [-0.4, -0.2) is 37.4 Å². The van der Waals surface area contributed by atoms with Crippen LogP contribution in [-0.2, 0) is 6.54 Å². The number of anilines is 1. The van der Waals surface area contributed by atoms with Gasteiger partial charge in [-0.15, -0.1) is 5.10 Å². The minimum absolute atomic E-state index is 0.0298. The highest BCUT2D eigenvalue weighted by molar-refractivity contribution is 5.98. The first kappa shape index (κ1) is 13.4. The van der Waals surface area contributed by atoms with Crippen molar-refractivity contribution >= 4 is 17.4 Å². The van der Waals surface area contributed by atoms with Crippen molar-refractivity contribution in [1.82, 2.24) is 20.0 Å². The minimum atomic E-state index is -0.788. The lowest BCUT2D eigenvalue weighted by Gasteiger charge is -2.08. The van der Waals surface area contributed by atoms with Gasteiger partial charge in [-0.05, 0) is 0 Å². The van der Waals surface area contributed by atoms with E-state index in [-0.39, 0.29) is 17.1 Å². The highest BCUT2D eigenvalue weighted by Gasteiger charge is 2.15. The van der Waals surface area contributed by atoms with Crippen molar-refractivity contribution in [2.75, 3.05) is 11.9 Å². The lowest BCUT2D eigenvalue weighted by atomic mass is 10.2. The predicted octanol–water partition coefficient (Wildman–Crippen LogP) is -0.208. The Hall–Kier alpha value is -3.04. The van der Waals surface area contributed by atoms with E-state index in [1.165, 1.54) is 0 Å². The first-order chi connectivity index (χ1) is 9.58. The molecule has 10 nitrogen and oxygen atoms in total. The van der Waals surface area contributed by atoms with E-state index in [2.05, 4.69) is 20.6 Å². The largest absolute Gasteiger partial charge is 0.368 e. The molecule has 0 spiro atoms. The molecule has 2 aromatic heterocycles. The van der Waals surface area contributed by atoms with Crippen LogP contribution in [0.5, 0.6) is 0 Å². The number of nitro groups is 1. The Kier molecular flexibility index (Phi) is 3.84. The van der Waals surface area contributed by atoms with Gasteiger partial charge in [0.15, 0.2) is 0 Å². The van der Waals surface area contributed by atoms with Crippen LogP contribution in [0.4, 0.5) is 11.5 Å². The van der Waals surface area contributed by atoms with Crippen LogP contribution < -0.4 is 11.1 Å². The summed E-state index contributed by atoms with van der Waals surface area (Å²) in [6, 6.07) is 1.09. The van der Waals surface area contributed by atoms with Crippen molar-refractivity contribution in [1.29, 1.82) is 0 Å². The number of carbonyl (C=O) groups excluding carboxylic acids is 1. The topological polar surface area (TPSA) is 142 Å². The molecule has 20 heavy (non-hydrogen) atoms. The number of carbonyl (C=O) groups is 1. The Morgan fingerprint density at radius 3 is 2.95 bits per heavy atom. The number of nitrogens with two attached hydrogens (primary N) is 1. The lowest BCUT2D eigenvalue weighted by molar-refractivity contribution is -0.385.